The van der Waals surface area contributed by atoms with Crippen LogP contribution in [0.15, 0.2) is 35.6 Å². The van der Waals surface area contributed by atoms with Crippen molar-refractivity contribution in [3.8, 4) is 0 Å². The molecule has 5 aliphatic rings. The van der Waals surface area contributed by atoms with Crippen LogP contribution in [0.1, 0.15) is 80.6 Å². The van der Waals surface area contributed by atoms with E-state index < -0.39 is 94.1 Å². The third-order valence-corrected chi connectivity index (χ3v) is 13.1. The van der Waals surface area contributed by atoms with Gasteiger partial charge in [0, 0.05) is 30.1 Å². The monoisotopic (exact) mass is 660 g/mol. The van der Waals surface area contributed by atoms with Crippen molar-refractivity contribution in [3.05, 3.63) is 35.6 Å². The molecule has 6 N–H and O–H groups in total. The number of hydrogen-bond donors (Lipinski definition) is 6. The average molecular weight is 661 g/mol. The van der Waals surface area contributed by atoms with E-state index in [2.05, 4.69) is 6.58 Å². The summed E-state index contributed by atoms with van der Waals surface area (Å²) in [6.45, 7) is 15.8. The average Bonchev–Trinajstić information content (AvgIpc) is 3.19. The molecule has 0 aromatic rings. The van der Waals surface area contributed by atoms with E-state index in [0.717, 1.165) is 11.1 Å². The molecule has 262 valence electrons. The highest BCUT2D eigenvalue weighted by molar-refractivity contribution is 6.02. The second-order valence-electron chi connectivity index (χ2n) is 16.2. The molecule has 5 rings (SSSR count). The molecule has 0 aromatic heterocycles. The van der Waals surface area contributed by atoms with Crippen LogP contribution in [-0.2, 0) is 23.9 Å². The van der Waals surface area contributed by atoms with Crippen LogP contribution < -0.4 is 0 Å². The molecule has 47 heavy (non-hydrogen) atoms. The second-order valence-corrected chi connectivity index (χ2v) is 16.2. The standard InChI is InChI=1S/C36H52O11/c1-17(2)9-12-24(39)36(8,45)29-20(38)14-33(5)23-11-10-18-19(35(23,7)25(40)15-34(29,33)6)13-21(30(44)32(18,3)4)46-31-28(43)27(42)26(41)22(16-37)47-31/h10,13,19-20,22-23,26-29,31,37-38,41-43,45H,1,9,11-12,14-16H2,2-8H3/t19-,20-,22-,23+,26-,27-,28-,29+,31-,33+,34-,35+,36+/m1/s1. The van der Waals surface area contributed by atoms with E-state index in [-0.39, 0.29) is 36.7 Å². The van der Waals surface area contributed by atoms with Gasteiger partial charge in [0.1, 0.15) is 35.8 Å². The third-order valence-electron chi connectivity index (χ3n) is 13.1. The molecular weight excluding hydrogens is 608 g/mol. The summed E-state index contributed by atoms with van der Waals surface area (Å²) in [5.74, 6) is -2.94. The van der Waals surface area contributed by atoms with Crippen LogP contribution in [0.2, 0.25) is 0 Å². The lowest BCUT2D eigenvalue weighted by Gasteiger charge is -2.63. The molecule has 11 heteroatoms. The Balaban J connectivity index is 1.54. The number of aliphatic hydroxyl groups is 6. The fraction of sp³-hybridized carbons (Fsp3) is 0.750. The van der Waals surface area contributed by atoms with Gasteiger partial charge in [-0.2, -0.15) is 0 Å². The van der Waals surface area contributed by atoms with Gasteiger partial charge in [0.2, 0.25) is 12.1 Å². The van der Waals surface area contributed by atoms with Crippen molar-refractivity contribution in [2.45, 2.75) is 123 Å². The van der Waals surface area contributed by atoms with E-state index in [9.17, 15) is 45.0 Å². The number of ether oxygens (including phenoxy) is 2. The van der Waals surface area contributed by atoms with Gasteiger partial charge in [0.05, 0.1) is 18.1 Å². The predicted octanol–water partition coefficient (Wildman–Crippen LogP) is 1.91. The number of hydrogen-bond acceptors (Lipinski definition) is 11. The normalized spacial score (nSPS) is 45.5. The van der Waals surface area contributed by atoms with E-state index in [1.54, 1.807) is 19.9 Å². The molecular formula is C36H52O11. The molecule has 11 nitrogen and oxygen atoms in total. The van der Waals surface area contributed by atoms with E-state index >= 15 is 0 Å². The molecule has 1 heterocycles. The van der Waals surface area contributed by atoms with E-state index in [1.165, 1.54) is 6.92 Å². The van der Waals surface area contributed by atoms with Crippen molar-refractivity contribution in [2.24, 2.45) is 39.4 Å². The van der Waals surface area contributed by atoms with Crippen LogP contribution in [0.5, 0.6) is 0 Å². The minimum absolute atomic E-state index is 0.00294. The largest absolute Gasteiger partial charge is 0.459 e. The number of ketones is 3. The van der Waals surface area contributed by atoms with Crippen molar-refractivity contribution < 1.29 is 54.5 Å². The van der Waals surface area contributed by atoms with Crippen LogP contribution in [-0.4, -0.2) is 97.0 Å². The minimum Gasteiger partial charge on any atom is -0.459 e. The molecule has 13 atom stereocenters. The fourth-order valence-electron chi connectivity index (χ4n) is 10.1. The molecule has 2 saturated carbocycles. The molecule has 0 amide bonds. The zero-order chi connectivity index (χ0) is 35.2. The first kappa shape index (κ1) is 36.0. The van der Waals surface area contributed by atoms with E-state index in [1.807, 2.05) is 33.8 Å². The summed E-state index contributed by atoms with van der Waals surface area (Å²) in [7, 11) is 0. The number of aliphatic hydroxyl groups excluding tert-OH is 5. The highest BCUT2D eigenvalue weighted by Crippen LogP contribution is 2.73. The van der Waals surface area contributed by atoms with Crippen LogP contribution in [0.4, 0.5) is 0 Å². The zero-order valence-corrected chi connectivity index (χ0v) is 28.5. The Morgan fingerprint density at radius 1 is 1.04 bits per heavy atom. The Labute approximate surface area is 276 Å². The topological polar surface area (TPSA) is 191 Å². The summed E-state index contributed by atoms with van der Waals surface area (Å²) in [6, 6.07) is 0. The molecule has 3 fully saturated rings. The Morgan fingerprint density at radius 2 is 1.68 bits per heavy atom. The number of carbonyl (C=O) groups is 3. The first-order valence-corrected chi connectivity index (χ1v) is 16.7. The van der Waals surface area contributed by atoms with Gasteiger partial charge in [0.15, 0.2) is 11.5 Å². The molecule has 1 aliphatic heterocycles. The van der Waals surface area contributed by atoms with Gasteiger partial charge in [-0.25, -0.2) is 0 Å². The van der Waals surface area contributed by atoms with Crippen molar-refractivity contribution in [1.29, 1.82) is 0 Å². The second kappa shape index (κ2) is 11.7. The van der Waals surface area contributed by atoms with Gasteiger partial charge in [-0.1, -0.05) is 38.0 Å². The quantitative estimate of drug-likeness (QED) is 0.209. The molecule has 0 spiro atoms. The Morgan fingerprint density at radius 3 is 2.28 bits per heavy atom. The van der Waals surface area contributed by atoms with Gasteiger partial charge >= 0.3 is 0 Å². The zero-order valence-electron chi connectivity index (χ0n) is 28.5. The molecule has 1 saturated heterocycles. The van der Waals surface area contributed by atoms with Crippen LogP contribution in [0.3, 0.4) is 0 Å². The lowest BCUT2D eigenvalue weighted by molar-refractivity contribution is -0.291. The van der Waals surface area contributed by atoms with Gasteiger partial charge in [-0.3, -0.25) is 14.4 Å². The predicted molar refractivity (Wildman–Crippen MR) is 169 cm³/mol. The number of rotatable bonds is 8. The molecule has 4 aliphatic carbocycles. The van der Waals surface area contributed by atoms with Crippen LogP contribution in [0.25, 0.3) is 0 Å². The molecule has 0 unspecified atom stereocenters. The summed E-state index contributed by atoms with van der Waals surface area (Å²) in [4.78, 5) is 41.9. The molecule has 0 radical (unpaired) electrons. The van der Waals surface area contributed by atoms with Gasteiger partial charge in [-0.15, -0.1) is 6.58 Å². The van der Waals surface area contributed by atoms with Gasteiger partial charge < -0.3 is 40.1 Å². The number of carbonyl (C=O) groups excluding carboxylic acids is 3. The lowest BCUT2D eigenvalue weighted by Crippen LogP contribution is -2.64. The Bertz CT molecular complexity index is 1410. The SMILES string of the molecule is C=C(C)CCC(=O)[C@](C)(O)[C@H]1[C@H](O)C[C@@]2(C)[C@@H]3CC=C4[C@@H](C=C(O[C@@H]5O[C@H](CO)[C@@H](O)[C@@H](O)[C@H]5O)C(=O)C4(C)C)[C@]3(C)C(=O)C[C@]12C. The summed E-state index contributed by atoms with van der Waals surface area (Å²) in [5, 5.41) is 64.2. The number of fused-ring (bicyclic) bond motifs is 5. The molecule has 0 aromatic carbocycles. The summed E-state index contributed by atoms with van der Waals surface area (Å²) < 4.78 is 11.5. The van der Waals surface area contributed by atoms with Crippen molar-refractivity contribution in [1.82, 2.24) is 0 Å². The van der Waals surface area contributed by atoms with Crippen molar-refractivity contribution in [3.63, 3.8) is 0 Å². The fourth-order valence-corrected chi connectivity index (χ4v) is 10.1. The Kier molecular flexibility index (Phi) is 8.95. The highest BCUT2D eigenvalue weighted by atomic mass is 16.7. The van der Waals surface area contributed by atoms with E-state index in [4.69, 9.17) is 9.47 Å². The first-order valence-electron chi connectivity index (χ1n) is 16.7. The van der Waals surface area contributed by atoms with Gasteiger partial charge in [-0.05, 0) is 69.8 Å². The van der Waals surface area contributed by atoms with Crippen molar-refractivity contribution >= 4 is 17.3 Å². The molecule has 0 bridgehead atoms. The number of Topliss-reactive ketones (excluding diaryl/α,β-unsaturated/α-hetero) is 3. The minimum atomic E-state index is -1.88. The smallest absolute Gasteiger partial charge is 0.229 e. The number of allylic oxidation sites excluding steroid dienone is 5. The van der Waals surface area contributed by atoms with Gasteiger partial charge in [0.25, 0.3) is 0 Å². The summed E-state index contributed by atoms with van der Waals surface area (Å²) in [5.41, 5.74) is -4.13. The maximum Gasteiger partial charge on any atom is 0.229 e. The third kappa shape index (κ3) is 5.06. The van der Waals surface area contributed by atoms with Crippen molar-refractivity contribution in [2.75, 3.05) is 6.61 Å². The summed E-state index contributed by atoms with van der Waals surface area (Å²) in [6.07, 6.45) is -4.11. The van der Waals surface area contributed by atoms with E-state index in [0.29, 0.717) is 12.8 Å². The maximum absolute atomic E-state index is 14.7. The van der Waals surface area contributed by atoms with Crippen LogP contribution >= 0.6 is 0 Å². The Hall–Kier alpha value is -2.25. The highest BCUT2D eigenvalue weighted by Gasteiger charge is 2.74. The first-order chi connectivity index (χ1) is 21.6. The maximum atomic E-state index is 14.7. The summed E-state index contributed by atoms with van der Waals surface area (Å²) >= 11 is 0. The van der Waals surface area contributed by atoms with Crippen LogP contribution in [0, 0.1) is 39.4 Å². The lowest BCUT2D eigenvalue weighted by atomic mass is 9.39.